The van der Waals surface area contributed by atoms with E-state index in [2.05, 4.69) is 0 Å². The Morgan fingerprint density at radius 3 is 2.17 bits per heavy atom. The molecule has 0 saturated carbocycles. The number of allylic oxidation sites excluding steroid dienone is 1. The van der Waals surface area contributed by atoms with Crippen molar-refractivity contribution in [1.29, 1.82) is 5.26 Å². The minimum atomic E-state index is -1.20. The van der Waals surface area contributed by atoms with Crippen molar-refractivity contribution >= 4 is 17.6 Å². The summed E-state index contributed by atoms with van der Waals surface area (Å²) in [5, 5.41) is 10.1. The predicted octanol–water partition coefficient (Wildman–Crippen LogP) is 3.01. The molecular formula is C25H24FN3O6. The van der Waals surface area contributed by atoms with Gasteiger partial charge in [-0.2, -0.15) is 5.26 Å². The summed E-state index contributed by atoms with van der Waals surface area (Å²) in [6.07, 6.45) is -1.20. The lowest BCUT2D eigenvalue weighted by molar-refractivity contribution is -0.139. The standard InChI is InChI=1S/C25H24FN3O6/c1-32-23(30)20-18(14-9-6-5-7-10-14)15(13-27)22(28)29(21(20)24(31)33-2)17-12-8-11-16(26)19(17)25(34-3)35-4/h5-12,18,25H,28H2,1-4H3. The van der Waals surface area contributed by atoms with E-state index in [-0.39, 0.29) is 33.9 Å². The summed E-state index contributed by atoms with van der Waals surface area (Å²) in [6, 6.07) is 14.6. The van der Waals surface area contributed by atoms with Crippen LogP contribution >= 0.6 is 0 Å². The normalized spacial score (nSPS) is 15.8. The molecule has 2 N–H and O–H groups in total. The molecule has 10 heteroatoms. The van der Waals surface area contributed by atoms with E-state index < -0.39 is 30.0 Å². The minimum absolute atomic E-state index is 0.0114. The van der Waals surface area contributed by atoms with E-state index in [1.165, 1.54) is 32.4 Å². The van der Waals surface area contributed by atoms with Crippen LogP contribution in [0.25, 0.3) is 0 Å². The summed E-state index contributed by atoms with van der Waals surface area (Å²) in [5.41, 5.74) is 6.30. The molecule has 0 radical (unpaired) electrons. The maximum Gasteiger partial charge on any atom is 0.355 e. The molecule has 0 amide bonds. The van der Waals surface area contributed by atoms with Crippen LogP contribution < -0.4 is 10.6 Å². The molecule has 1 aliphatic rings. The maximum absolute atomic E-state index is 15.1. The number of rotatable bonds is 7. The van der Waals surface area contributed by atoms with Crippen molar-refractivity contribution in [2.24, 2.45) is 5.73 Å². The van der Waals surface area contributed by atoms with Gasteiger partial charge in [0.15, 0.2) is 6.29 Å². The van der Waals surface area contributed by atoms with Crippen molar-refractivity contribution in [3.8, 4) is 6.07 Å². The number of carbonyl (C=O) groups excluding carboxylic acids is 2. The highest BCUT2D eigenvalue weighted by Crippen LogP contribution is 2.45. The van der Waals surface area contributed by atoms with Crippen molar-refractivity contribution < 1.29 is 32.9 Å². The molecule has 182 valence electrons. The number of hydrogen-bond acceptors (Lipinski definition) is 9. The Bertz CT molecular complexity index is 1230. The van der Waals surface area contributed by atoms with Crippen molar-refractivity contribution in [3.05, 3.63) is 88.1 Å². The summed E-state index contributed by atoms with van der Waals surface area (Å²) in [5.74, 6) is -3.81. The van der Waals surface area contributed by atoms with E-state index in [0.29, 0.717) is 5.56 Å². The molecule has 0 aliphatic carbocycles. The van der Waals surface area contributed by atoms with Gasteiger partial charge in [0.1, 0.15) is 17.3 Å². The number of nitrogens with two attached hydrogens (primary N) is 1. The molecule has 2 aromatic rings. The van der Waals surface area contributed by atoms with E-state index in [1.807, 2.05) is 6.07 Å². The third-order valence-corrected chi connectivity index (χ3v) is 5.55. The Balaban J connectivity index is 2.48. The average Bonchev–Trinajstić information content (AvgIpc) is 2.89. The molecule has 0 bridgehead atoms. The van der Waals surface area contributed by atoms with Gasteiger partial charge in [-0.3, -0.25) is 4.90 Å². The lowest BCUT2D eigenvalue weighted by Gasteiger charge is -2.37. The molecule has 0 saturated heterocycles. The Hall–Kier alpha value is -4.20. The highest BCUT2D eigenvalue weighted by Gasteiger charge is 2.44. The molecule has 0 aromatic heterocycles. The van der Waals surface area contributed by atoms with Crippen molar-refractivity contribution in [3.63, 3.8) is 0 Å². The van der Waals surface area contributed by atoms with Gasteiger partial charge >= 0.3 is 11.9 Å². The fourth-order valence-corrected chi connectivity index (χ4v) is 4.05. The smallest absolute Gasteiger partial charge is 0.355 e. The molecular weight excluding hydrogens is 457 g/mol. The lowest BCUT2D eigenvalue weighted by Crippen LogP contribution is -2.41. The summed E-state index contributed by atoms with van der Waals surface area (Å²) in [7, 11) is 4.88. The fraction of sp³-hybridized carbons (Fsp3) is 0.240. The van der Waals surface area contributed by atoms with E-state index in [4.69, 9.17) is 24.7 Å². The van der Waals surface area contributed by atoms with E-state index >= 15 is 4.39 Å². The number of nitriles is 1. The largest absolute Gasteiger partial charge is 0.466 e. The third kappa shape index (κ3) is 4.47. The van der Waals surface area contributed by atoms with Crippen LogP contribution in [0.4, 0.5) is 10.1 Å². The minimum Gasteiger partial charge on any atom is -0.466 e. The van der Waals surface area contributed by atoms with Crippen LogP contribution in [0, 0.1) is 17.1 Å². The Morgan fingerprint density at radius 1 is 1.00 bits per heavy atom. The van der Waals surface area contributed by atoms with E-state index in [1.54, 1.807) is 30.3 Å². The van der Waals surface area contributed by atoms with E-state index in [9.17, 15) is 14.9 Å². The van der Waals surface area contributed by atoms with Gasteiger partial charge in [0.2, 0.25) is 0 Å². The van der Waals surface area contributed by atoms with Gasteiger partial charge in [-0.1, -0.05) is 36.4 Å². The van der Waals surface area contributed by atoms with Gasteiger partial charge < -0.3 is 24.7 Å². The molecule has 1 unspecified atom stereocenters. The highest BCUT2D eigenvalue weighted by molar-refractivity contribution is 6.06. The number of esters is 2. The summed E-state index contributed by atoms with van der Waals surface area (Å²) >= 11 is 0. The molecule has 0 spiro atoms. The van der Waals surface area contributed by atoms with Gasteiger partial charge in [-0.25, -0.2) is 14.0 Å². The monoisotopic (exact) mass is 481 g/mol. The Kier molecular flexibility index (Phi) is 7.86. The average molecular weight is 481 g/mol. The van der Waals surface area contributed by atoms with Crippen LogP contribution in [0.15, 0.2) is 71.2 Å². The van der Waals surface area contributed by atoms with Gasteiger partial charge in [-0.05, 0) is 17.7 Å². The SMILES string of the molecule is COC(=O)C1=C(C(=O)OC)N(c2cccc(F)c2C(OC)OC)C(N)=C(C#N)C1c1ccccc1. The fourth-order valence-electron chi connectivity index (χ4n) is 4.05. The number of carbonyl (C=O) groups is 2. The number of nitrogens with zero attached hydrogens (tertiary/aromatic N) is 2. The maximum atomic E-state index is 15.1. The second-order valence-electron chi connectivity index (χ2n) is 7.31. The zero-order chi connectivity index (χ0) is 25.7. The molecule has 1 heterocycles. The zero-order valence-electron chi connectivity index (χ0n) is 19.6. The summed E-state index contributed by atoms with van der Waals surface area (Å²) in [4.78, 5) is 27.4. The first-order chi connectivity index (χ1) is 16.9. The van der Waals surface area contributed by atoms with Gasteiger partial charge in [-0.15, -0.1) is 0 Å². The molecule has 35 heavy (non-hydrogen) atoms. The van der Waals surface area contributed by atoms with Crippen LogP contribution in [0.2, 0.25) is 0 Å². The van der Waals surface area contributed by atoms with Crippen LogP contribution in [0.3, 0.4) is 0 Å². The molecule has 1 atom stereocenters. The molecule has 2 aromatic carbocycles. The second kappa shape index (κ2) is 10.8. The topological polar surface area (TPSA) is 124 Å². The first-order valence-electron chi connectivity index (χ1n) is 10.4. The molecule has 0 fully saturated rings. The Labute approximate surface area is 201 Å². The Morgan fingerprint density at radius 2 is 1.63 bits per heavy atom. The summed E-state index contributed by atoms with van der Waals surface area (Å²) in [6.45, 7) is 0. The zero-order valence-corrected chi connectivity index (χ0v) is 19.6. The van der Waals surface area contributed by atoms with Crippen LogP contribution in [0.1, 0.15) is 23.3 Å². The van der Waals surface area contributed by atoms with Crippen LogP contribution in [0.5, 0.6) is 0 Å². The van der Waals surface area contributed by atoms with Crippen molar-refractivity contribution in [2.75, 3.05) is 33.3 Å². The van der Waals surface area contributed by atoms with Gasteiger partial charge in [0.25, 0.3) is 0 Å². The molecule has 1 aliphatic heterocycles. The van der Waals surface area contributed by atoms with Crippen LogP contribution in [-0.4, -0.2) is 40.4 Å². The number of anilines is 1. The molecule has 3 rings (SSSR count). The lowest BCUT2D eigenvalue weighted by atomic mass is 9.80. The quantitative estimate of drug-likeness (QED) is 0.469. The highest BCUT2D eigenvalue weighted by atomic mass is 19.1. The third-order valence-electron chi connectivity index (χ3n) is 5.55. The van der Waals surface area contributed by atoms with Crippen LogP contribution in [-0.2, 0) is 28.5 Å². The van der Waals surface area contributed by atoms with Gasteiger partial charge in [0.05, 0.1) is 48.6 Å². The number of benzene rings is 2. The second-order valence-corrected chi connectivity index (χ2v) is 7.31. The predicted molar refractivity (Wildman–Crippen MR) is 123 cm³/mol. The number of methoxy groups -OCH3 is 4. The first-order valence-corrected chi connectivity index (χ1v) is 10.4. The number of halogens is 1. The first kappa shape index (κ1) is 25.4. The van der Waals surface area contributed by atoms with Crippen molar-refractivity contribution in [2.45, 2.75) is 12.2 Å². The number of hydrogen-bond donors (Lipinski definition) is 1. The van der Waals surface area contributed by atoms with Crippen molar-refractivity contribution in [1.82, 2.24) is 0 Å². The number of ether oxygens (including phenoxy) is 4. The summed E-state index contributed by atoms with van der Waals surface area (Å²) < 4.78 is 35.6. The van der Waals surface area contributed by atoms with E-state index in [0.717, 1.165) is 19.1 Å². The molecule has 9 nitrogen and oxygen atoms in total. The van der Waals surface area contributed by atoms with Gasteiger partial charge in [0, 0.05) is 14.2 Å².